The molecule has 2 aliphatic carbocycles. The summed E-state index contributed by atoms with van der Waals surface area (Å²) in [5.74, 6) is -0.998. The second-order valence-electron chi connectivity index (χ2n) is 8.87. The predicted molar refractivity (Wildman–Crippen MR) is 124 cm³/mol. The number of carboxylic acids is 1. The highest BCUT2D eigenvalue weighted by Crippen LogP contribution is 2.44. The van der Waals surface area contributed by atoms with Crippen LogP contribution in [0.25, 0.3) is 11.1 Å². The number of benzene rings is 2. The third-order valence-corrected chi connectivity index (χ3v) is 6.63. The van der Waals surface area contributed by atoms with Gasteiger partial charge in [-0.3, -0.25) is 4.79 Å². The van der Waals surface area contributed by atoms with Crippen molar-refractivity contribution >= 4 is 18.0 Å². The second-order valence-corrected chi connectivity index (χ2v) is 8.87. The molecule has 1 unspecified atom stereocenters. The number of aliphatic carboxylic acids is 1. The molecule has 3 N–H and O–H groups in total. The molecule has 2 aromatic carbocycles. The van der Waals surface area contributed by atoms with E-state index >= 15 is 0 Å². The number of carbonyl (C=O) groups is 3. The Labute approximate surface area is 193 Å². The molecule has 7 nitrogen and oxygen atoms in total. The van der Waals surface area contributed by atoms with Crippen LogP contribution in [0.3, 0.4) is 0 Å². The minimum Gasteiger partial charge on any atom is -0.480 e. The van der Waals surface area contributed by atoms with E-state index in [-0.39, 0.29) is 30.8 Å². The number of carboxylic acid groups (broad SMARTS) is 1. The molecule has 2 aromatic rings. The number of amides is 2. The van der Waals surface area contributed by atoms with Gasteiger partial charge in [0.15, 0.2) is 0 Å². The maximum Gasteiger partial charge on any atom is 0.407 e. The largest absolute Gasteiger partial charge is 0.480 e. The minimum absolute atomic E-state index is 0.00449. The van der Waals surface area contributed by atoms with E-state index in [9.17, 15) is 14.4 Å². The molecule has 0 heterocycles. The van der Waals surface area contributed by atoms with E-state index in [0.29, 0.717) is 18.9 Å². The molecule has 0 radical (unpaired) electrons. The summed E-state index contributed by atoms with van der Waals surface area (Å²) in [6.07, 6.45) is 2.05. The molecule has 0 bridgehead atoms. The molecule has 174 valence electrons. The molecule has 2 atom stereocenters. The number of hydrogen-bond donors (Lipinski definition) is 3. The number of fused-ring (bicyclic) bond motifs is 3. The van der Waals surface area contributed by atoms with Gasteiger partial charge in [0.1, 0.15) is 12.6 Å². The fraction of sp³-hybridized carbons (Fsp3) is 0.423. The van der Waals surface area contributed by atoms with Crippen molar-refractivity contribution in [2.45, 2.75) is 44.6 Å². The Kier molecular flexibility index (Phi) is 6.96. The number of ether oxygens (including phenoxy) is 1. The average Bonchev–Trinajstić information content (AvgIpc) is 3.61. The van der Waals surface area contributed by atoms with E-state index in [4.69, 9.17) is 9.84 Å². The maximum absolute atomic E-state index is 12.5. The van der Waals surface area contributed by atoms with E-state index in [1.165, 1.54) is 11.1 Å². The molecule has 0 aliphatic heterocycles. The number of hydrogen-bond acceptors (Lipinski definition) is 4. The summed E-state index contributed by atoms with van der Waals surface area (Å²) in [5.41, 5.74) is 4.66. The van der Waals surface area contributed by atoms with Crippen molar-refractivity contribution in [2.75, 3.05) is 13.2 Å². The summed E-state index contributed by atoms with van der Waals surface area (Å²) in [6, 6.07) is 15.5. The van der Waals surface area contributed by atoms with Crippen LogP contribution in [-0.2, 0) is 14.3 Å². The van der Waals surface area contributed by atoms with Crippen molar-refractivity contribution in [3.63, 3.8) is 0 Å². The first-order valence-corrected chi connectivity index (χ1v) is 11.6. The SMILES string of the molecule is CC[C@@H](NC(=O)CC(CNC(=O)OCC1c2ccccc2-c2ccccc21)C1CC1)C(=O)O. The molecule has 1 saturated carbocycles. The number of nitrogens with one attached hydrogen (secondary N) is 2. The lowest BCUT2D eigenvalue weighted by Gasteiger charge is -2.19. The average molecular weight is 451 g/mol. The van der Waals surface area contributed by atoms with Gasteiger partial charge in [0.25, 0.3) is 0 Å². The van der Waals surface area contributed by atoms with Gasteiger partial charge in [-0.1, -0.05) is 55.5 Å². The smallest absolute Gasteiger partial charge is 0.407 e. The summed E-state index contributed by atoms with van der Waals surface area (Å²) in [7, 11) is 0. The molecule has 33 heavy (non-hydrogen) atoms. The highest BCUT2D eigenvalue weighted by Gasteiger charge is 2.34. The lowest BCUT2D eigenvalue weighted by Crippen LogP contribution is -2.42. The first-order valence-electron chi connectivity index (χ1n) is 11.6. The molecule has 4 rings (SSSR count). The van der Waals surface area contributed by atoms with Crippen molar-refractivity contribution in [3.8, 4) is 11.1 Å². The van der Waals surface area contributed by atoms with Crippen LogP contribution in [0.2, 0.25) is 0 Å². The van der Waals surface area contributed by atoms with Crippen LogP contribution in [0.5, 0.6) is 0 Å². The van der Waals surface area contributed by atoms with Gasteiger partial charge in [0.05, 0.1) is 0 Å². The molecule has 0 aromatic heterocycles. The maximum atomic E-state index is 12.5. The fourth-order valence-corrected chi connectivity index (χ4v) is 4.67. The van der Waals surface area contributed by atoms with E-state index in [1.54, 1.807) is 6.92 Å². The quantitative estimate of drug-likeness (QED) is 0.509. The normalized spacial score (nSPS) is 16.3. The monoisotopic (exact) mass is 450 g/mol. The molecule has 7 heteroatoms. The van der Waals surface area contributed by atoms with Crippen molar-refractivity contribution in [2.24, 2.45) is 11.8 Å². The zero-order chi connectivity index (χ0) is 23.4. The number of rotatable bonds is 10. The number of alkyl carbamates (subject to hydrolysis) is 1. The van der Waals surface area contributed by atoms with Gasteiger partial charge in [-0.05, 0) is 53.4 Å². The first kappa shape index (κ1) is 22.8. The zero-order valence-electron chi connectivity index (χ0n) is 18.8. The van der Waals surface area contributed by atoms with E-state index < -0.39 is 18.1 Å². The first-order chi connectivity index (χ1) is 16.0. The highest BCUT2D eigenvalue weighted by atomic mass is 16.5. The zero-order valence-corrected chi connectivity index (χ0v) is 18.8. The van der Waals surface area contributed by atoms with Crippen molar-refractivity contribution in [3.05, 3.63) is 59.7 Å². The topological polar surface area (TPSA) is 105 Å². The predicted octanol–water partition coefficient (Wildman–Crippen LogP) is 3.92. The Morgan fingerprint density at radius 1 is 1.03 bits per heavy atom. The van der Waals surface area contributed by atoms with Crippen LogP contribution >= 0.6 is 0 Å². The van der Waals surface area contributed by atoms with E-state index in [0.717, 1.165) is 24.0 Å². The molecule has 2 amide bonds. The Hall–Kier alpha value is -3.35. The van der Waals surface area contributed by atoms with Crippen LogP contribution in [0.15, 0.2) is 48.5 Å². The third-order valence-electron chi connectivity index (χ3n) is 6.63. The Bertz CT molecular complexity index is 987. The highest BCUT2D eigenvalue weighted by molar-refractivity contribution is 5.83. The van der Waals surface area contributed by atoms with Gasteiger partial charge in [-0.25, -0.2) is 9.59 Å². The third kappa shape index (κ3) is 5.35. The lowest BCUT2D eigenvalue weighted by molar-refractivity contribution is -0.142. The molecular weight excluding hydrogens is 420 g/mol. The Balaban J connectivity index is 1.30. The second kappa shape index (κ2) is 10.1. The summed E-state index contributed by atoms with van der Waals surface area (Å²) < 4.78 is 5.58. The minimum atomic E-state index is -1.04. The lowest BCUT2D eigenvalue weighted by atomic mass is 9.98. The molecular formula is C26H30N2O5. The Morgan fingerprint density at radius 2 is 1.64 bits per heavy atom. The molecule has 2 aliphatic rings. The summed E-state index contributed by atoms with van der Waals surface area (Å²) in [4.78, 5) is 35.9. The van der Waals surface area contributed by atoms with Gasteiger partial charge < -0.3 is 20.5 Å². The van der Waals surface area contributed by atoms with E-state index in [1.807, 2.05) is 24.3 Å². The molecule has 0 spiro atoms. The summed E-state index contributed by atoms with van der Waals surface area (Å²) >= 11 is 0. The van der Waals surface area contributed by atoms with Crippen LogP contribution in [0.1, 0.15) is 49.7 Å². The van der Waals surface area contributed by atoms with Crippen LogP contribution in [0, 0.1) is 11.8 Å². The van der Waals surface area contributed by atoms with Crippen LogP contribution in [-0.4, -0.2) is 42.3 Å². The summed E-state index contributed by atoms with van der Waals surface area (Å²) in [5, 5.41) is 14.5. The number of carbonyl (C=O) groups excluding carboxylic acids is 2. The van der Waals surface area contributed by atoms with E-state index in [2.05, 4.69) is 34.9 Å². The molecule has 0 saturated heterocycles. The van der Waals surface area contributed by atoms with Crippen LogP contribution < -0.4 is 10.6 Å². The Morgan fingerprint density at radius 3 is 2.18 bits per heavy atom. The summed E-state index contributed by atoms with van der Waals surface area (Å²) in [6.45, 7) is 2.29. The van der Waals surface area contributed by atoms with Crippen molar-refractivity contribution in [1.29, 1.82) is 0 Å². The van der Waals surface area contributed by atoms with Gasteiger partial charge >= 0.3 is 12.1 Å². The standard InChI is InChI=1S/C26H30N2O5/c1-2-23(25(30)31)28-24(29)13-17(16-11-12-16)14-27-26(32)33-15-22-20-9-5-3-7-18(20)19-8-4-6-10-21(19)22/h3-10,16-17,22-23H,2,11-15H2,1H3,(H,27,32)(H,28,29)(H,30,31)/t17?,23-/m1/s1. The van der Waals surface area contributed by atoms with Crippen LogP contribution in [0.4, 0.5) is 4.79 Å². The van der Waals surface area contributed by atoms with Crippen molar-refractivity contribution in [1.82, 2.24) is 10.6 Å². The van der Waals surface area contributed by atoms with Gasteiger partial charge in [-0.15, -0.1) is 0 Å². The molecule has 1 fully saturated rings. The van der Waals surface area contributed by atoms with Gasteiger partial charge in [0, 0.05) is 18.9 Å². The fourth-order valence-electron chi connectivity index (χ4n) is 4.67. The van der Waals surface area contributed by atoms with Gasteiger partial charge in [0.2, 0.25) is 5.91 Å². The van der Waals surface area contributed by atoms with Gasteiger partial charge in [-0.2, -0.15) is 0 Å². The van der Waals surface area contributed by atoms with Crippen molar-refractivity contribution < 1.29 is 24.2 Å².